The van der Waals surface area contributed by atoms with Gasteiger partial charge in [-0.3, -0.25) is 4.98 Å². The molecule has 2 N–H and O–H groups in total. The molecule has 0 amide bonds. The maximum Gasteiger partial charge on any atom is 0.0773 e. The molecule has 0 aliphatic carbocycles. The number of pyridine rings is 1. The van der Waals surface area contributed by atoms with Gasteiger partial charge >= 0.3 is 0 Å². The normalized spacial score (nSPS) is 15.6. The summed E-state index contributed by atoms with van der Waals surface area (Å²) in [5, 5.41) is 0.659. The molecule has 3 nitrogen and oxygen atoms in total. The highest BCUT2D eigenvalue weighted by atomic mass is 35.5. The fourth-order valence-corrected chi connectivity index (χ4v) is 2.30. The van der Waals surface area contributed by atoms with Crippen LogP contribution in [-0.4, -0.2) is 24.2 Å². The molecular weight excluding hydrogens is 236 g/mol. The molecular formula is C13H21ClN2O. The van der Waals surface area contributed by atoms with Gasteiger partial charge in [0.05, 0.1) is 11.1 Å². The van der Waals surface area contributed by atoms with Crippen molar-refractivity contribution >= 4 is 11.6 Å². The molecule has 0 aromatic carbocycles. The summed E-state index contributed by atoms with van der Waals surface area (Å²) < 4.78 is 5.50. The highest BCUT2D eigenvalue weighted by molar-refractivity contribution is 6.31. The molecule has 0 fully saturated rings. The number of halogens is 1. The van der Waals surface area contributed by atoms with Crippen LogP contribution in [0.25, 0.3) is 0 Å². The van der Waals surface area contributed by atoms with Crippen molar-refractivity contribution in [2.24, 2.45) is 11.1 Å². The van der Waals surface area contributed by atoms with E-state index in [0.29, 0.717) is 11.4 Å². The second-order valence-corrected chi connectivity index (χ2v) is 5.76. The lowest BCUT2D eigenvalue weighted by molar-refractivity contribution is -0.00165. The van der Waals surface area contributed by atoms with Crippen LogP contribution in [0.1, 0.15) is 26.3 Å². The van der Waals surface area contributed by atoms with E-state index < -0.39 is 0 Å². The van der Waals surface area contributed by atoms with Gasteiger partial charge in [-0.1, -0.05) is 32.4 Å². The average Bonchev–Trinajstić information content (AvgIpc) is 2.20. The summed E-state index contributed by atoms with van der Waals surface area (Å²) in [4.78, 5) is 3.96. The smallest absolute Gasteiger partial charge is 0.0773 e. The Kier molecular flexibility index (Phi) is 4.92. The van der Waals surface area contributed by atoms with Gasteiger partial charge in [-0.05, 0) is 23.5 Å². The van der Waals surface area contributed by atoms with Crippen LogP contribution in [0.4, 0.5) is 0 Å². The summed E-state index contributed by atoms with van der Waals surface area (Å²) in [5.74, 6) is 0. The van der Waals surface area contributed by atoms with Crippen molar-refractivity contribution in [3.8, 4) is 0 Å². The molecule has 1 rings (SSSR count). The predicted octanol–water partition coefficient (Wildman–Crippen LogP) is 2.67. The van der Waals surface area contributed by atoms with Crippen LogP contribution in [0.15, 0.2) is 18.5 Å². The molecule has 17 heavy (non-hydrogen) atoms. The van der Waals surface area contributed by atoms with Gasteiger partial charge in [0, 0.05) is 25.5 Å². The lowest BCUT2D eigenvalue weighted by Gasteiger charge is -2.34. The van der Waals surface area contributed by atoms with Crippen LogP contribution < -0.4 is 5.73 Å². The zero-order chi connectivity index (χ0) is 13.1. The SMILES string of the molecule is COC(C(N)Cc1ccncc1Cl)C(C)(C)C. The van der Waals surface area contributed by atoms with E-state index in [9.17, 15) is 0 Å². The van der Waals surface area contributed by atoms with Crippen molar-refractivity contribution in [1.82, 2.24) is 4.98 Å². The summed E-state index contributed by atoms with van der Waals surface area (Å²) in [6, 6.07) is 1.82. The first-order chi connectivity index (χ1) is 7.86. The molecule has 2 atom stereocenters. The number of hydrogen-bond donors (Lipinski definition) is 1. The van der Waals surface area contributed by atoms with Gasteiger partial charge in [0.1, 0.15) is 0 Å². The van der Waals surface area contributed by atoms with E-state index in [4.69, 9.17) is 22.1 Å². The molecule has 0 radical (unpaired) electrons. The van der Waals surface area contributed by atoms with E-state index in [0.717, 1.165) is 5.56 Å². The lowest BCUT2D eigenvalue weighted by atomic mass is 9.83. The molecule has 0 aliphatic heterocycles. The van der Waals surface area contributed by atoms with Gasteiger partial charge < -0.3 is 10.5 Å². The minimum Gasteiger partial charge on any atom is -0.379 e. The third-order valence-electron chi connectivity index (χ3n) is 2.81. The van der Waals surface area contributed by atoms with E-state index in [2.05, 4.69) is 25.8 Å². The molecule has 4 heteroatoms. The molecule has 1 aromatic heterocycles. The summed E-state index contributed by atoms with van der Waals surface area (Å²) in [7, 11) is 1.70. The van der Waals surface area contributed by atoms with Crippen molar-refractivity contribution in [3.05, 3.63) is 29.0 Å². The zero-order valence-electron chi connectivity index (χ0n) is 10.9. The first-order valence-corrected chi connectivity index (χ1v) is 6.11. The number of aromatic nitrogens is 1. The van der Waals surface area contributed by atoms with Crippen LogP contribution in [-0.2, 0) is 11.2 Å². The minimum absolute atomic E-state index is 0.00761. The Bertz CT molecular complexity index is 363. The van der Waals surface area contributed by atoms with Gasteiger partial charge in [0.25, 0.3) is 0 Å². The Morgan fingerprint density at radius 1 is 1.47 bits per heavy atom. The molecule has 0 saturated heterocycles. The Balaban J connectivity index is 2.78. The highest BCUT2D eigenvalue weighted by Gasteiger charge is 2.30. The fraction of sp³-hybridized carbons (Fsp3) is 0.615. The van der Waals surface area contributed by atoms with Crippen LogP contribution in [0.2, 0.25) is 5.02 Å². The van der Waals surface area contributed by atoms with E-state index in [-0.39, 0.29) is 17.6 Å². The summed E-state index contributed by atoms with van der Waals surface area (Å²) in [6.45, 7) is 6.36. The Morgan fingerprint density at radius 3 is 2.59 bits per heavy atom. The van der Waals surface area contributed by atoms with Gasteiger partial charge in [0.2, 0.25) is 0 Å². The van der Waals surface area contributed by atoms with Gasteiger partial charge in [-0.2, -0.15) is 0 Å². The fourth-order valence-electron chi connectivity index (χ4n) is 2.10. The number of nitrogens with zero attached hydrogens (tertiary/aromatic N) is 1. The molecule has 0 saturated carbocycles. The standard InChI is InChI=1S/C13H21ClN2O/c1-13(2,3)12(17-4)11(15)7-9-5-6-16-8-10(9)14/h5-6,8,11-12H,7,15H2,1-4H3. The van der Waals surface area contributed by atoms with Crippen LogP contribution >= 0.6 is 11.6 Å². The lowest BCUT2D eigenvalue weighted by Crippen LogP contribution is -2.46. The molecule has 0 spiro atoms. The van der Waals surface area contributed by atoms with Crippen molar-refractivity contribution in [1.29, 1.82) is 0 Å². The van der Waals surface area contributed by atoms with Crippen molar-refractivity contribution in [3.63, 3.8) is 0 Å². The third kappa shape index (κ3) is 3.95. The number of nitrogens with two attached hydrogens (primary N) is 1. The molecule has 0 bridgehead atoms. The number of rotatable bonds is 4. The predicted molar refractivity (Wildman–Crippen MR) is 71.2 cm³/mol. The highest BCUT2D eigenvalue weighted by Crippen LogP contribution is 2.26. The maximum atomic E-state index is 6.21. The Morgan fingerprint density at radius 2 is 2.12 bits per heavy atom. The van der Waals surface area contributed by atoms with Crippen molar-refractivity contribution < 1.29 is 4.74 Å². The van der Waals surface area contributed by atoms with E-state index in [1.807, 2.05) is 6.07 Å². The van der Waals surface area contributed by atoms with Crippen LogP contribution in [0.5, 0.6) is 0 Å². The largest absolute Gasteiger partial charge is 0.379 e. The summed E-state index contributed by atoms with van der Waals surface area (Å²) in [5.41, 5.74) is 7.23. The van der Waals surface area contributed by atoms with Crippen molar-refractivity contribution in [2.45, 2.75) is 39.3 Å². The quantitative estimate of drug-likeness (QED) is 0.901. The average molecular weight is 257 g/mol. The maximum absolute atomic E-state index is 6.21. The summed E-state index contributed by atoms with van der Waals surface area (Å²) in [6.07, 6.45) is 4.05. The number of ether oxygens (including phenoxy) is 1. The molecule has 96 valence electrons. The van der Waals surface area contributed by atoms with Crippen LogP contribution in [0.3, 0.4) is 0 Å². The first kappa shape index (κ1) is 14.4. The second kappa shape index (κ2) is 5.80. The Labute approximate surface area is 108 Å². The third-order valence-corrected chi connectivity index (χ3v) is 3.15. The number of hydrogen-bond acceptors (Lipinski definition) is 3. The number of methoxy groups -OCH3 is 1. The molecule has 1 aromatic rings. The summed E-state index contributed by atoms with van der Waals surface area (Å²) >= 11 is 6.07. The molecule has 1 heterocycles. The molecule has 0 aliphatic rings. The Hall–Kier alpha value is -0.640. The second-order valence-electron chi connectivity index (χ2n) is 5.36. The van der Waals surface area contributed by atoms with Gasteiger partial charge in [0.15, 0.2) is 0 Å². The monoisotopic (exact) mass is 256 g/mol. The van der Waals surface area contributed by atoms with E-state index in [1.54, 1.807) is 19.5 Å². The zero-order valence-corrected chi connectivity index (χ0v) is 11.7. The van der Waals surface area contributed by atoms with Crippen LogP contribution in [0, 0.1) is 5.41 Å². The molecule has 2 unspecified atom stereocenters. The van der Waals surface area contributed by atoms with Gasteiger partial charge in [-0.15, -0.1) is 0 Å². The van der Waals surface area contributed by atoms with Gasteiger partial charge in [-0.25, -0.2) is 0 Å². The topological polar surface area (TPSA) is 48.1 Å². The van der Waals surface area contributed by atoms with E-state index in [1.165, 1.54) is 0 Å². The van der Waals surface area contributed by atoms with E-state index >= 15 is 0 Å². The van der Waals surface area contributed by atoms with Crippen molar-refractivity contribution in [2.75, 3.05) is 7.11 Å². The minimum atomic E-state index is -0.0834. The first-order valence-electron chi connectivity index (χ1n) is 5.73.